The SMILES string of the molecule is O=C1Nc2cc(Cl)ccc2C12[C@@H](c1ccnc(Cl)c1F)CN([C@H](c1ccccc1)C(O)c1ccccc1)C21CC(CF)(CF)C1. The summed E-state index contributed by atoms with van der Waals surface area (Å²) in [5.74, 6) is -2.06. The van der Waals surface area contributed by atoms with Crippen molar-refractivity contribution in [3.63, 3.8) is 0 Å². The van der Waals surface area contributed by atoms with Crippen LogP contribution in [0.2, 0.25) is 10.2 Å². The zero-order valence-corrected chi connectivity index (χ0v) is 25.6. The molecule has 5 nitrogen and oxygen atoms in total. The number of benzene rings is 3. The normalized spacial score (nSPS) is 24.3. The van der Waals surface area contributed by atoms with Crippen molar-refractivity contribution in [1.82, 2.24) is 9.88 Å². The van der Waals surface area contributed by atoms with E-state index in [0.717, 1.165) is 5.56 Å². The molecule has 1 aromatic heterocycles. The highest BCUT2D eigenvalue weighted by molar-refractivity contribution is 6.31. The number of aliphatic hydroxyl groups is 1. The first kappa shape index (κ1) is 30.2. The second-order valence-electron chi connectivity index (χ2n) is 12.5. The van der Waals surface area contributed by atoms with E-state index in [1.54, 1.807) is 18.2 Å². The van der Waals surface area contributed by atoms with Gasteiger partial charge < -0.3 is 10.4 Å². The Morgan fingerprint density at radius 3 is 2.24 bits per heavy atom. The summed E-state index contributed by atoms with van der Waals surface area (Å²) < 4.78 is 45.6. The van der Waals surface area contributed by atoms with Crippen LogP contribution in [0, 0.1) is 11.2 Å². The Morgan fingerprint density at radius 2 is 1.60 bits per heavy atom. The lowest BCUT2D eigenvalue weighted by Gasteiger charge is -2.63. The van der Waals surface area contributed by atoms with Crippen molar-refractivity contribution in [2.75, 3.05) is 25.2 Å². The van der Waals surface area contributed by atoms with Gasteiger partial charge in [-0.3, -0.25) is 18.5 Å². The predicted molar refractivity (Wildman–Crippen MR) is 167 cm³/mol. The first-order valence-corrected chi connectivity index (χ1v) is 15.5. The summed E-state index contributed by atoms with van der Waals surface area (Å²) in [7, 11) is 0. The number of alkyl halides is 2. The average molecular weight is 653 g/mol. The topological polar surface area (TPSA) is 65.5 Å². The second-order valence-corrected chi connectivity index (χ2v) is 13.3. The van der Waals surface area contributed by atoms with Crippen LogP contribution in [-0.2, 0) is 10.2 Å². The van der Waals surface area contributed by atoms with Crippen LogP contribution in [0.25, 0.3) is 0 Å². The van der Waals surface area contributed by atoms with Gasteiger partial charge in [0.25, 0.3) is 0 Å². The minimum atomic E-state index is -1.52. The summed E-state index contributed by atoms with van der Waals surface area (Å²) in [6, 6.07) is 24.2. The number of amides is 1. The van der Waals surface area contributed by atoms with E-state index in [4.69, 9.17) is 23.2 Å². The molecule has 0 bridgehead atoms. The molecule has 1 amide bonds. The van der Waals surface area contributed by atoms with E-state index in [0.29, 0.717) is 21.8 Å². The highest BCUT2D eigenvalue weighted by Gasteiger charge is 2.78. The number of hydrogen-bond donors (Lipinski definition) is 2. The summed E-state index contributed by atoms with van der Waals surface area (Å²) in [4.78, 5) is 20.6. The van der Waals surface area contributed by atoms with Crippen LogP contribution < -0.4 is 5.32 Å². The van der Waals surface area contributed by atoms with E-state index in [1.165, 1.54) is 12.3 Å². The van der Waals surface area contributed by atoms with Gasteiger partial charge in [-0.1, -0.05) is 89.9 Å². The Hall–Kier alpha value is -3.43. The van der Waals surface area contributed by atoms with Crippen LogP contribution in [0.1, 0.15) is 53.2 Å². The van der Waals surface area contributed by atoms with Crippen molar-refractivity contribution in [2.24, 2.45) is 5.41 Å². The van der Waals surface area contributed by atoms with Crippen molar-refractivity contribution in [2.45, 2.75) is 41.9 Å². The highest BCUT2D eigenvalue weighted by atomic mass is 35.5. The standard InChI is InChI=1S/C35H30Cl2F3N3O2/c36-23-11-12-25-27(15-23)42-32(45)35(25)26(24-13-14-41-31(37)28(24)40)16-43(34(35)17-33(18-34,19-38)20-39)29(21-7-3-1-4-8-21)30(44)22-9-5-2-6-10-22/h1-15,26,29-30,44H,16-20H2,(H,42,45)/t26-,29-,30?,35?/m1/s1. The van der Waals surface area contributed by atoms with Crippen LogP contribution >= 0.6 is 23.2 Å². The van der Waals surface area contributed by atoms with Crippen molar-refractivity contribution >= 4 is 34.8 Å². The number of carbonyl (C=O) groups excluding carboxylic acids is 1. The van der Waals surface area contributed by atoms with Gasteiger partial charge in [-0.25, -0.2) is 9.37 Å². The molecule has 232 valence electrons. The van der Waals surface area contributed by atoms with Crippen molar-refractivity contribution in [3.8, 4) is 0 Å². The predicted octanol–water partition coefficient (Wildman–Crippen LogP) is 7.75. The zero-order chi connectivity index (χ0) is 31.6. The molecule has 3 aromatic carbocycles. The number of fused-ring (bicyclic) bond motifs is 3. The fraction of sp³-hybridized carbons (Fsp3) is 0.314. The lowest BCUT2D eigenvalue weighted by molar-refractivity contribution is -0.157. The quantitative estimate of drug-likeness (QED) is 0.201. The molecule has 4 aromatic rings. The third kappa shape index (κ3) is 4.29. The monoisotopic (exact) mass is 651 g/mol. The maximum atomic E-state index is 16.1. The maximum Gasteiger partial charge on any atom is 0.237 e. The Morgan fingerprint density at radius 1 is 0.956 bits per heavy atom. The molecule has 2 unspecified atom stereocenters. The molecule has 10 heteroatoms. The molecule has 3 aliphatic rings. The van der Waals surface area contributed by atoms with E-state index in [1.807, 2.05) is 65.6 Å². The Kier molecular flexibility index (Phi) is 7.47. The number of carbonyl (C=O) groups is 1. The molecule has 1 saturated carbocycles. The van der Waals surface area contributed by atoms with Crippen LogP contribution in [0.3, 0.4) is 0 Å². The highest BCUT2D eigenvalue weighted by Crippen LogP contribution is 2.72. The Labute approximate surface area is 269 Å². The van der Waals surface area contributed by atoms with Gasteiger partial charge in [0, 0.05) is 40.3 Å². The molecule has 3 heterocycles. The number of hydrogen-bond acceptors (Lipinski definition) is 4. The van der Waals surface area contributed by atoms with E-state index in [2.05, 4.69) is 10.3 Å². The Balaban J connectivity index is 1.53. The number of nitrogens with one attached hydrogen (secondary N) is 1. The minimum Gasteiger partial charge on any atom is -0.386 e. The van der Waals surface area contributed by atoms with E-state index in [-0.39, 0.29) is 30.1 Å². The first-order valence-electron chi connectivity index (χ1n) is 14.8. The smallest absolute Gasteiger partial charge is 0.237 e. The first-order chi connectivity index (χ1) is 21.7. The van der Waals surface area contributed by atoms with Crippen molar-refractivity contribution in [1.29, 1.82) is 0 Å². The number of nitrogens with zero attached hydrogens (tertiary/aromatic N) is 2. The molecular formula is C35H30Cl2F3N3O2. The number of aliphatic hydroxyl groups excluding tert-OH is 1. The molecular weight excluding hydrogens is 622 g/mol. The van der Waals surface area contributed by atoms with Gasteiger partial charge in [-0.05, 0) is 53.3 Å². The molecule has 1 aliphatic carbocycles. The molecule has 2 N–H and O–H groups in total. The molecule has 2 spiro atoms. The lowest BCUT2D eigenvalue weighted by Crippen LogP contribution is -2.71. The largest absolute Gasteiger partial charge is 0.386 e. The van der Waals surface area contributed by atoms with Gasteiger partial charge in [0.05, 0.1) is 25.5 Å². The fourth-order valence-electron chi connectivity index (χ4n) is 8.50. The van der Waals surface area contributed by atoms with Crippen molar-refractivity contribution < 1.29 is 23.1 Å². The van der Waals surface area contributed by atoms with E-state index >= 15 is 4.39 Å². The number of halogens is 5. The fourth-order valence-corrected chi connectivity index (χ4v) is 8.84. The molecule has 2 aliphatic heterocycles. The molecule has 45 heavy (non-hydrogen) atoms. The summed E-state index contributed by atoms with van der Waals surface area (Å²) >= 11 is 12.6. The molecule has 1 saturated heterocycles. The number of rotatable bonds is 7. The second kappa shape index (κ2) is 11.1. The van der Waals surface area contributed by atoms with E-state index in [9.17, 15) is 18.7 Å². The van der Waals surface area contributed by atoms with Crippen LogP contribution in [-0.4, -0.2) is 46.3 Å². The van der Waals surface area contributed by atoms with Gasteiger partial charge in [0.2, 0.25) is 5.91 Å². The maximum absolute atomic E-state index is 16.1. The number of aromatic nitrogens is 1. The summed E-state index contributed by atoms with van der Waals surface area (Å²) in [5.41, 5.74) is -1.56. The van der Waals surface area contributed by atoms with Gasteiger partial charge >= 0.3 is 0 Å². The molecule has 4 atom stereocenters. The van der Waals surface area contributed by atoms with Gasteiger partial charge in [0.1, 0.15) is 5.41 Å². The number of likely N-dealkylation sites (tertiary alicyclic amines) is 1. The van der Waals surface area contributed by atoms with Crippen LogP contribution in [0.5, 0.6) is 0 Å². The molecule has 2 fully saturated rings. The summed E-state index contributed by atoms with van der Waals surface area (Å²) in [6.45, 7) is -1.78. The number of pyridine rings is 1. The van der Waals surface area contributed by atoms with Gasteiger partial charge in [-0.2, -0.15) is 0 Å². The van der Waals surface area contributed by atoms with Crippen molar-refractivity contribution in [3.05, 3.63) is 129 Å². The third-order valence-corrected chi connectivity index (χ3v) is 10.8. The number of anilines is 1. The summed E-state index contributed by atoms with van der Waals surface area (Å²) in [5, 5.41) is 15.2. The third-order valence-electron chi connectivity index (χ3n) is 10.3. The van der Waals surface area contributed by atoms with Crippen LogP contribution in [0.4, 0.5) is 18.9 Å². The van der Waals surface area contributed by atoms with Gasteiger partial charge in [-0.15, -0.1) is 0 Å². The van der Waals surface area contributed by atoms with Crippen LogP contribution in [0.15, 0.2) is 91.1 Å². The average Bonchev–Trinajstić information content (AvgIpc) is 3.50. The summed E-state index contributed by atoms with van der Waals surface area (Å²) in [6.07, 6.45) is 0.211. The lowest BCUT2D eigenvalue weighted by atomic mass is 9.45. The van der Waals surface area contributed by atoms with Gasteiger partial charge in [0.15, 0.2) is 11.0 Å². The minimum absolute atomic E-state index is 0.0374. The zero-order valence-electron chi connectivity index (χ0n) is 24.1. The molecule has 7 rings (SSSR count). The molecule has 0 radical (unpaired) electrons. The van der Waals surface area contributed by atoms with E-state index < -0.39 is 59.5 Å². The Bertz CT molecular complexity index is 1750.